The lowest BCUT2D eigenvalue weighted by atomic mass is 10.1. The number of aryl methyl sites for hydroxylation is 1. The molecule has 2 aromatic rings. The molecule has 5 nitrogen and oxygen atoms in total. The van der Waals surface area contributed by atoms with Crippen molar-refractivity contribution in [2.45, 2.75) is 6.92 Å². The Morgan fingerprint density at radius 2 is 2.25 bits per heavy atom. The molecule has 2 aromatic heterocycles. The van der Waals surface area contributed by atoms with Crippen molar-refractivity contribution in [3.8, 4) is 11.4 Å². The lowest BCUT2D eigenvalue weighted by Gasteiger charge is -1.97. The number of nitrogens with zero attached hydrogens (tertiary/aromatic N) is 2. The summed E-state index contributed by atoms with van der Waals surface area (Å²) in [6, 6.07) is 3.20. The molecule has 82 valence electrons. The minimum Gasteiger partial charge on any atom is -0.477 e. The lowest BCUT2D eigenvalue weighted by molar-refractivity contribution is 0.0695. The third-order valence-electron chi connectivity index (χ3n) is 2.05. The van der Waals surface area contributed by atoms with Crippen LogP contribution in [-0.2, 0) is 0 Å². The fourth-order valence-electron chi connectivity index (χ4n) is 1.31. The first-order chi connectivity index (χ1) is 7.59. The molecule has 0 aliphatic carbocycles. The highest BCUT2D eigenvalue weighted by Crippen LogP contribution is 2.24. The number of aromatic nitrogens is 2. The fourth-order valence-corrected chi connectivity index (χ4v) is 1.43. The second kappa shape index (κ2) is 3.94. The van der Waals surface area contributed by atoms with Crippen LogP contribution in [-0.4, -0.2) is 21.2 Å². The molecule has 0 atom stereocenters. The smallest absolute Gasteiger partial charge is 0.341 e. The van der Waals surface area contributed by atoms with E-state index in [9.17, 15) is 4.79 Å². The van der Waals surface area contributed by atoms with Crippen LogP contribution in [0.1, 0.15) is 16.1 Å². The average molecular weight is 239 g/mol. The predicted octanol–water partition coefficient (Wildman–Crippen LogP) is 2.40. The van der Waals surface area contributed by atoms with Crippen LogP contribution in [0.15, 0.2) is 22.9 Å². The summed E-state index contributed by atoms with van der Waals surface area (Å²) in [5.74, 6) is -0.843. The lowest BCUT2D eigenvalue weighted by Crippen LogP contribution is -1.99. The number of rotatable bonds is 2. The van der Waals surface area contributed by atoms with Crippen molar-refractivity contribution in [2.75, 3.05) is 0 Å². The summed E-state index contributed by atoms with van der Waals surface area (Å²) in [6.45, 7) is 1.54. The normalized spacial score (nSPS) is 10.4. The summed E-state index contributed by atoms with van der Waals surface area (Å²) < 4.78 is 4.84. The van der Waals surface area contributed by atoms with Crippen molar-refractivity contribution in [3.05, 3.63) is 34.7 Å². The van der Waals surface area contributed by atoms with Gasteiger partial charge in [0.25, 0.3) is 0 Å². The van der Waals surface area contributed by atoms with Gasteiger partial charge in [0, 0.05) is 6.20 Å². The highest BCUT2D eigenvalue weighted by atomic mass is 35.5. The number of hydrogen-bond acceptors (Lipinski definition) is 4. The third-order valence-corrected chi connectivity index (χ3v) is 2.27. The molecule has 16 heavy (non-hydrogen) atoms. The zero-order chi connectivity index (χ0) is 11.7. The highest BCUT2D eigenvalue weighted by molar-refractivity contribution is 6.30. The zero-order valence-corrected chi connectivity index (χ0v) is 9.02. The van der Waals surface area contributed by atoms with Gasteiger partial charge in [-0.1, -0.05) is 16.8 Å². The Bertz CT molecular complexity index is 533. The monoisotopic (exact) mass is 238 g/mol. The molecule has 0 saturated carbocycles. The van der Waals surface area contributed by atoms with Crippen LogP contribution in [0.5, 0.6) is 0 Å². The van der Waals surface area contributed by atoms with Gasteiger partial charge in [0.05, 0.1) is 10.7 Å². The molecule has 6 heteroatoms. The minimum atomic E-state index is -1.09. The average Bonchev–Trinajstić information content (AvgIpc) is 2.61. The number of pyridine rings is 1. The van der Waals surface area contributed by atoms with Gasteiger partial charge in [0.1, 0.15) is 17.0 Å². The Labute approximate surface area is 95.7 Å². The van der Waals surface area contributed by atoms with Crippen molar-refractivity contribution >= 4 is 17.6 Å². The summed E-state index contributed by atoms with van der Waals surface area (Å²) in [7, 11) is 0. The summed E-state index contributed by atoms with van der Waals surface area (Å²) in [5, 5.41) is 13.1. The van der Waals surface area contributed by atoms with E-state index in [0.29, 0.717) is 10.7 Å². The van der Waals surface area contributed by atoms with Gasteiger partial charge in [0.15, 0.2) is 0 Å². The fraction of sp³-hybridized carbons (Fsp3) is 0.100. The number of carboxylic acid groups (broad SMARTS) is 1. The van der Waals surface area contributed by atoms with Crippen LogP contribution in [0.2, 0.25) is 5.02 Å². The van der Waals surface area contributed by atoms with E-state index in [4.69, 9.17) is 21.2 Å². The van der Waals surface area contributed by atoms with E-state index < -0.39 is 5.97 Å². The van der Waals surface area contributed by atoms with E-state index >= 15 is 0 Å². The first kappa shape index (κ1) is 10.6. The molecule has 0 radical (unpaired) electrons. The maximum atomic E-state index is 11.0. The molecule has 0 unspecified atom stereocenters. The van der Waals surface area contributed by atoms with Gasteiger partial charge in [-0.25, -0.2) is 4.79 Å². The number of halogens is 1. The minimum absolute atomic E-state index is 0.0230. The molecular formula is C10H7ClN2O3. The van der Waals surface area contributed by atoms with Crippen molar-refractivity contribution < 1.29 is 14.4 Å². The molecule has 0 saturated heterocycles. The Hall–Kier alpha value is -1.88. The number of aromatic carboxylic acids is 1. The SMILES string of the molecule is Cc1onc(-c2ccc(Cl)cn2)c1C(=O)O. The van der Waals surface area contributed by atoms with Gasteiger partial charge in [0.2, 0.25) is 0 Å². The van der Waals surface area contributed by atoms with E-state index in [1.54, 1.807) is 12.1 Å². The molecule has 0 aliphatic rings. The first-order valence-corrected chi connectivity index (χ1v) is 4.79. The molecule has 2 rings (SSSR count). The van der Waals surface area contributed by atoms with Gasteiger partial charge in [-0.2, -0.15) is 0 Å². The summed E-state index contributed by atoms with van der Waals surface area (Å²) in [6.07, 6.45) is 1.42. The largest absolute Gasteiger partial charge is 0.477 e. The summed E-state index contributed by atoms with van der Waals surface area (Å²) in [4.78, 5) is 15.0. The van der Waals surface area contributed by atoms with E-state index in [1.807, 2.05) is 0 Å². The van der Waals surface area contributed by atoms with Crippen LogP contribution >= 0.6 is 11.6 Å². The highest BCUT2D eigenvalue weighted by Gasteiger charge is 2.21. The van der Waals surface area contributed by atoms with E-state index in [0.717, 1.165) is 0 Å². The maximum Gasteiger partial charge on any atom is 0.341 e. The molecule has 0 fully saturated rings. The summed E-state index contributed by atoms with van der Waals surface area (Å²) >= 11 is 5.68. The van der Waals surface area contributed by atoms with Crippen LogP contribution in [0.25, 0.3) is 11.4 Å². The molecule has 2 heterocycles. The molecule has 0 bridgehead atoms. The third kappa shape index (κ3) is 1.77. The molecule has 0 aliphatic heterocycles. The van der Waals surface area contributed by atoms with Gasteiger partial charge in [-0.15, -0.1) is 0 Å². The molecule has 1 N–H and O–H groups in total. The van der Waals surface area contributed by atoms with E-state index in [-0.39, 0.29) is 17.0 Å². The second-order valence-electron chi connectivity index (χ2n) is 3.13. The van der Waals surface area contributed by atoms with Crippen molar-refractivity contribution in [1.82, 2.24) is 10.1 Å². The number of hydrogen-bond donors (Lipinski definition) is 1. The van der Waals surface area contributed by atoms with Gasteiger partial charge >= 0.3 is 5.97 Å². The Morgan fingerprint density at radius 3 is 2.81 bits per heavy atom. The molecule has 0 spiro atoms. The van der Waals surface area contributed by atoms with Crippen LogP contribution in [0, 0.1) is 6.92 Å². The van der Waals surface area contributed by atoms with E-state index in [1.165, 1.54) is 13.1 Å². The van der Waals surface area contributed by atoms with Crippen molar-refractivity contribution in [1.29, 1.82) is 0 Å². The number of carbonyl (C=O) groups is 1. The van der Waals surface area contributed by atoms with Gasteiger partial charge in [-0.3, -0.25) is 4.98 Å². The van der Waals surface area contributed by atoms with Gasteiger partial charge in [-0.05, 0) is 19.1 Å². The predicted molar refractivity (Wildman–Crippen MR) is 56.4 cm³/mol. The first-order valence-electron chi connectivity index (χ1n) is 4.41. The van der Waals surface area contributed by atoms with Crippen LogP contribution < -0.4 is 0 Å². The van der Waals surface area contributed by atoms with Gasteiger partial charge < -0.3 is 9.63 Å². The zero-order valence-electron chi connectivity index (χ0n) is 8.27. The quantitative estimate of drug-likeness (QED) is 0.869. The van der Waals surface area contributed by atoms with Crippen molar-refractivity contribution in [2.24, 2.45) is 0 Å². The second-order valence-corrected chi connectivity index (χ2v) is 3.57. The molecule has 0 aromatic carbocycles. The van der Waals surface area contributed by atoms with Crippen LogP contribution in [0.4, 0.5) is 0 Å². The maximum absolute atomic E-state index is 11.0. The Kier molecular flexibility index (Phi) is 2.62. The Morgan fingerprint density at radius 1 is 1.50 bits per heavy atom. The van der Waals surface area contributed by atoms with Crippen molar-refractivity contribution in [3.63, 3.8) is 0 Å². The molecule has 0 amide bonds. The standard InChI is InChI=1S/C10H7ClN2O3/c1-5-8(10(14)15)9(13-16-5)7-3-2-6(11)4-12-7/h2-4H,1H3,(H,14,15). The topological polar surface area (TPSA) is 76.2 Å². The Balaban J connectivity index is 2.56. The summed E-state index contributed by atoms with van der Waals surface area (Å²) in [5.41, 5.74) is 0.648. The van der Waals surface area contributed by atoms with Crippen LogP contribution in [0.3, 0.4) is 0 Å². The number of carboxylic acids is 1. The van der Waals surface area contributed by atoms with E-state index in [2.05, 4.69) is 10.1 Å². The molecular weight excluding hydrogens is 232 g/mol.